The molecule has 20 heavy (non-hydrogen) atoms. The van der Waals surface area contributed by atoms with Gasteiger partial charge in [-0.2, -0.15) is 0 Å². The molecule has 0 aromatic heterocycles. The lowest BCUT2D eigenvalue weighted by Gasteiger charge is -2.18. The van der Waals surface area contributed by atoms with Crippen LogP contribution >= 0.6 is 23.8 Å². The second-order valence-electron chi connectivity index (χ2n) is 4.83. The summed E-state index contributed by atoms with van der Waals surface area (Å²) < 4.78 is 0. The number of halogens is 1. The van der Waals surface area contributed by atoms with Gasteiger partial charge < -0.3 is 11.1 Å². The van der Waals surface area contributed by atoms with E-state index < -0.39 is 0 Å². The molecule has 2 aromatic carbocycles. The zero-order chi connectivity index (χ0) is 14.7. The molecule has 3 N–H and O–H groups in total. The van der Waals surface area contributed by atoms with Gasteiger partial charge in [0.05, 0.1) is 0 Å². The van der Waals surface area contributed by atoms with Crippen LogP contribution in [0.25, 0.3) is 0 Å². The Labute approximate surface area is 130 Å². The van der Waals surface area contributed by atoms with E-state index in [9.17, 15) is 0 Å². The highest BCUT2D eigenvalue weighted by Gasteiger charge is 2.10. The summed E-state index contributed by atoms with van der Waals surface area (Å²) in [5.41, 5.74) is 9.91. The molecule has 0 aliphatic heterocycles. The van der Waals surface area contributed by atoms with E-state index in [1.165, 1.54) is 0 Å². The summed E-state index contributed by atoms with van der Waals surface area (Å²) in [6, 6.07) is 14.0. The van der Waals surface area contributed by atoms with Crippen LogP contribution in [0.4, 0.5) is 5.69 Å². The standard InChI is InChI=1S/C16H17ClN2S/c1-10-3-8-15(14(9-10)16(18)20)19-11(2)12-4-6-13(17)7-5-12/h3-9,11,19H,1-2H3,(H2,18,20). The lowest BCUT2D eigenvalue weighted by Crippen LogP contribution is -2.15. The summed E-state index contributed by atoms with van der Waals surface area (Å²) in [5.74, 6) is 0. The fourth-order valence-corrected chi connectivity index (χ4v) is 2.35. The van der Waals surface area contributed by atoms with Gasteiger partial charge in [0.1, 0.15) is 4.99 Å². The van der Waals surface area contributed by atoms with E-state index in [-0.39, 0.29) is 6.04 Å². The maximum Gasteiger partial charge on any atom is 0.106 e. The summed E-state index contributed by atoms with van der Waals surface area (Å²) in [6.07, 6.45) is 0. The fourth-order valence-electron chi connectivity index (χ4n) is 2.06. The van der Waals surface area contributed by atoms with Crippen molar-refractivity contribution in [2.75, 3.05) is 5.32 Å². The predicted molar refractivity (Wildman–Crippen MR) is 90.6 cm³/mol. The molecular weight excluding hydrogens is 288 g/mol. The molecule has 0 saturated carbocycles. The first-order valence-corrected chi connectivity index (χ1v) is 7.18. The minimum atomic E-state index is 0.142. The smallest absolute Gasteiger partial charge is 0.106 e. The van der Waals surface area contributed by atoms with Crippen molar-refractivity contribution >= 4 is 34.5 Å². The molecule has 4 heteroatoms. The Morgan fingerprint density at radius 2 is 1.85 bits per heavy atom. The molecule has 0 fully saturated rings. The van der Waals surface area contributed by atoms with E-state index in [0.29, 0.717) is 4.99 Å². The van der Waals surface area contributed by atoms with Gasteiger partial charge in [-0.15, -0.1) is 0 Å². The third-order valence-corrected chi connectivity index (χ3v) is 3.65. The summed E-state index contributed by atoms with van der Waals surface area (Å²) >= 11 is 11.0. The molecule has 2 nitrogen and oxygen atoms in total. The molecule has 0 radical (unpaired) electrons. The van der Waals surface area contributed by atoms with Crippen LogP contribution in [0.3, 0.4) is 0 Å². The number of nitrogens with one attached hydrogen (secondary N) is 1. The molecule has 0 spiro atoms. The molecule has 2 aromatic rings. The number of rotatable bonds is 4. The summed E-state index contributed by atoms with van der Waals surface area (Å²) in [5, 5.41) is 4.18. The van der Waals surface area contributed by atoms with Gasteiger partial charge in [0.2, 0.25) is 0 Å². The minimum Gasteiger partial charge on any atom is -0.389 e. The first kappa shape index (κ1) is 14.8. The van der Waals surface area contributed by atoms with E-state index in [1.54, 1.807) is 0 Å². The maximum atomic E-state index is 5.91. The molecule has 1 atom stereocenters. The number of aryl methyl sites for hydroxylation is 1. The van der Waals surface area contributed by atoms with Crippen molar-refractivity contribution in [1.82, 2.24) is 0 Å². The lowest BCUT2D eigenvalue weighted by molar-refractivity contribution is 0.884. The highest BCUT2D eigenvalue weighted by Crippen LogP contribution is 2.24. The number of hydrogen-bond donors (Lipinski definition) is 2. The Kier molecular flexibility index (Phi) is 4.63. The number of thiocarbonyl (C=S) groups is 1. The molecule has 0 aliphatic carbocycles. The molecule has 2 rings (SSSR count). The Balaban J connectivity index is 2.25. The maximum absolute atomic E-state index is 5.91. The second kappa shape index (κ2) is 6.25. The van der Waals surface area contributed by atoms with Crippen LogP contribution in [-0.4, -0.2) is 4.99 Å². The molecular formula is C16H17ClN2S. The van der Waals surface area contributed by atoms with Crippen LogP contribution in [0.15, 0.2) is 42.5 Å². The van der Waals surface area contributed by atoms with Gasteiger partial charge in [-0.3, -0.25) is 0 Å². The normalized spacial score (nSPS) is 11.9. The van der Waals surface area contributed by atoms with Crippen LogP contribution < -0.4 is 11.1 Å². The van der Waals surface area contributed by atoms with Gasteiger partial charge >= 0.3 is 0 Å². The predicted octanol–water partition coefficient (Wildman–Crippen LogP) is 4.46. The van der Waals surface area contributed by atoms with Gasteiger partial charge in [0, 0.05) is 22.3 Å². The first-order valence-electron chi connectivity index (χ1n) is 6.40. The van der Waals surface area contributed by atoms with Crippen molar-refractivity contribution in [2.45, 2.75) is 19.9 Å². The topological polar surface area (TPSA) is 38.0 Å². The number of nitrogens with two attached hydrogens (primary N) is 1. The second-order valence-corrected chi connectivity index (χ2v) is 5.71. The van der Waals surface area contributed by atoms with Crippen LogP contribution in [-0.2, 0) is 0 Å². The highest BCUT2D eigenvalue weighted by atomic mass is 35.5. The van der Waals surface area contributed by atoms with Crippen molar-refractivity contribution in [2.24, 2.45) is 5.73 Å². The summed E-state index contributed by atoms with van der Waals surface area (Å²) in [7, 11) is 0. The van der Waals surface area contributed by atoms with E-state index in [4.69, 9.17) is 29.6 Å². The third kappa shape index (κ3) is 3.50. The zero-order valence-electron chi connectivity index (χ0n) is 11.5. The highest BCUT2D eigenvalue weighted by molar-refractivity contribution is 7.80. The summed E-state index contributed by atoms with van der Waals surface area (Å²) in [6.45, 7) is 4.11. The van der Waals surface area contributed by atoms with E-state index in [1.807, 2.05) is 49.4 Å². The third-order valence-electron chi connectivity index (χ3n) is 3.18. The quantitative estimate of drug-likeness (QED) is 0.819. The molecule has 0 saturated heterocycles. The van der Waals surface area contributed by atoms with Crippen LogP contribution in [0, 0.1) is 6.92 Å². The Bertz CT molecular complexity index is 623. The van der Waals surface area contributed by atoms with Gasteiger partial charge in [-0.05, 0) is 43.7 Å². The molecule has 104 valence electrons. The Morgan fingerprint density at radius 1 is 1.20 bits per heavy atom. The summed E-state index contributed by atoms with van der Waals surface area (Å²) in [4.78, 5) is 0.402. The van der Waals surface area contributed by atoms with Crippen molar-refractivity contribution in [3.8, 4) is 0 Å². The molecule has 0 heterocycles. The average Bonchev–Trinajstić information content (AvgIpc) is 2.41. The lowest BCUT2D eigenvalue weighted by atomic mass is 10.1. The number of hydrogen-bond acceptors (Lipinski definition) is 2. The van der Waals surface area contributed by atoms with Crippen molar-refractivity contribution in [1.29, 1.82) is 0 Å². The Morgan fingerprint density at radius 3 is 2.45 bits per heavy atom. The largest absolute Gasteiger partial charge is 0.389 e. The SMILES string of the molecule is Cc1ccc(NC(C)c2ccc(Cl)cc2)c(C(N)=S)c1. The zero-order valence-corrected chi connectivity index (χ0v) is 13.1. The van der Waals surface area contributed by atoms with Gasteiger partial charge in [0.25, 0.3) is 0 Å². The van der Waals surface area contributed by atoms with E-state index >= 15 is 0 Å². The van der Waals surface area contributed by atoms with Crippen LogP contribution in [0.5, 0.6) is 0 Å². The van der Waals surface area contributed by atoms with Crippen LogP contribution in [0.2, 0.25) is 5.02 Å². The van der Waals surface area contributed by atoms with Crippen molar-refractivity contribution in [3.05, 3.63) is 64.2 Å². The number of anilines is 1. The fraction of sp³-hybridized carbons (Fsp3) is 0.188. The molecule has 1 unspecified atom stereocenters. The molecule has 0 bridgehead atoms. The first-order chi connectivity index (χ1) is 9.47. The van der Waals surface area contributed by atoms with Crippen molar-refractivity contribution < 1.29 is 0 Å². The van der Waals surface area contributed by atoms with Gasteiger partial charge in [0.15, 0.2) is 0 Å². The van der Waals surface area contributed by atoms with Gasteiger partial charge in [-0.1, -0.05) is 47.6 Å². The minimum absolute atomic E-state index is 0.142. The monoisotopic (exact) mass is 304 g/mol. The van der Waals surface area contributed by atoms with E-state index in [2.05, 4.69) is 12.2 Å². The van der Waals surface area contributed by atoms with Gasteiger partial charge in [-0.25, -0.2) is 0 Å². The Hall–Kier alpha value is -1.58. The molecule has 0 aliphatic rings. The van der Waals surface area contributed by atoms with E-state index in [0.717, 1.165) is 27.4 Å². The molecule has 0 amide bonds. The van der Waals surface area contributed by atoms with Crippen LogP contribution in [0.1, 0.15) is 29.7 Å². The van der Waals surface area contributed by atoms with Crippen molar-refractivity contribution in [3.63, 3.8) is 0 Å². The number of benzene rings is 2. The average molecular weight is 305 g/mol.